The van der Waals surface area contributed by atoms with Gasteiger partial charge >= 0.3 is 5.97 Å². The molecular formula is C24H44N10O9. The van der Waals surface area contributed by atoms with Crippen LogP contribution in [0.2, 0.25) is 0 Å². The predicted octanol–water partition coefficient (Wildman–Crippen LogP) is -5.78. The first kappa shape index (κ1) is 38.6. The Hall–Kier alpha value is -4.36. The third-order valence-corrected chi connectivity index (χ3v) is 5.98. The fourth-order valence-electron chi connectivity index (χ4n) is 3.72. The minimum absolute atomic E-state index is 0.0443. The molecule has 244 valence electrons. The van der Waals surface area contributed by atoms with Gasteiger partial charge in [0, 0.05) is 0 Å². The van der Waals surface area contributed by atoms with E-state index in [4.69, 9.17) is 34.4 Å². The van der Waals surface area contributed by atoms with Crippen molar-refractivity contribution in [3.63, 3.8) is 0 Å². The van der Waals surface area contributed by atoms with Gasteiger partial charge in [-0.25, -0.2) is 4.79 Å². The van der Waals surface area contributed by atoms with Crippen molar-refractivity contribution in [3.8, 4) is 0 Å². The molecule has 0 fully saturated rings. The first-order valence-electron chi connectivity index (χ1n) is 13.6. The number of unbranched alkanes of at least 4 members (excludes halogenated alkanes) is 2. The second kappa shape index (κ2) is 20.5. The van der Waals surface area contributed by atoms with Gasteiger partial charge in [0.25, 0.3) is 0 Å². The summed E-state index contributed by atoms with van der Waals surface area (Å²) in [5.41, 5.74) is 32.2. The van der Waals surface area contributed by atoms with E-state index in [-0.39, 0.29) is 19.4 Å². The zero-order valence-electron chi connectivity index (χ0n) is 23.8. The molecule has 0 aromatic heterocycles. The van der Waals surface area contributed by atoms with E-state index in [2.05, 4.69) is 21.3 Å². The number of carbonyl (C=O) groups excluding carboxylic acids is 7. The number of aliphatic carboxylic acids is 1. The molecule has 19 heteroatoms. The van der Waals surface area contributed by atoms with Gasteiger partial charge in [0.2, 0.25) is 41.4 Å². The second-order valence-electron chi connectivity index (χ2n) is 9.77. The molecule has 17 N–H and O–H groups in total. The van der Waals surface area contributed by atoms with Gasteiger partial charge in [-0.15, -0.1) is 0 Å². The van der Waals surface area contributed by atoms with Crippen molar-refractivity contribution in [2.24, 2.45) is 34.4 Å². The maximum absolute atomic E-state index is 13.1. The SMILES string of the molecule is NCCCC[C@H](NC(=O)[C@H](CC(N)=O)NC(=O)[C@H](CC(N)=O)NC(=O)[C@@H](N)CCCCN)C(=O)N[C@@H](CC(N)=O)C(=O)O. The van der Waals surface area contributed by atoms with Crippen LogP contribution in [0.3, 0.4) is 0 Å². The molecule has 0 saturated heterocycles. The van der Waals surface area contributed by atoms with Gasteiger partial charge in [-0.3, -0.25) is 33.6 Å². The lowest BCUT2D eigenvalue weighted by Crippen LogP contribution is -2.59. The average Bonchev–Trinajstić information content (AvgIpc) is 2.90. The summed E-state index contributed by atoms with van der Waals surface area (Å²) in [6, 6.07) is -7.41. The lowest BCUT2D eigenvalue weighted by molar-refractivity contribution is -0.144. The Balaban J connectivity index is 5.87. The van der Waals surface area contributed by atoms with Crippen molar-refractivity contribution in [2.75, 3.05) is 13.1 Å². The summed E-state index contributed by atoms with van der Waals surface area (Å²) in [6.07, 6.45) is -0.135. The Morgan fingerprint density at radius 1 is 0.512 bits per heavy atom. The van der Waals surface area contributed by atoms with E-state index in [1.807, 2.05) is 0 Å². The number of hydrogen-bond acceptors (Lipinski definition) is 11. The normalized spacial score (nSPS) is 14.2. The molecule has 0 unspecified atom stereocenters. The number of nitrogens with one attached hydrogen (secondary N) is 4. The summed E-state index contributed by atoms with van der Waals surface area (Å²) in [5.74, 6) is -8.51. The van der Waals surface area contributed by atoms with Crippen LogP contribution in [-0.4, -0.2) is 95.7 Å². The fraction of sp³-hybridized carbons (Fsp3) is 0.667. The van der Waals surface area contributed by atoms with Gasteiger partial charge in [-0.2, -0.15) is 0 Å². The fourth-order valence-corrected chi connectivity index (χ4v) is 3.72. The highest BCUT2D eigenvalue weighted by atomic mass is 16.4. The molecule has 19 nitrogen and oxygen atoms in total. The van der Waals surface area contributed by atoms with Crippen molar-refractivity contribution in [1.82, 2.24) is 21.3 Å². The van der Waals surface area contributed by atoms with Crippen LogP contribution >= 0.6 is 0 Å². The molecule has 7 amide bonds. The van der Waals surface area contributed by atoms with E-state index in [0.29, 0.717) is 32.2 Å². The summed E-state index contributed by atoms with van der Waals surface area (Å²) in [5, 5.41) is 18.2. The Bertz CT molecular complexity index is 1010. The number of nitrogens with two attached hydrogens (primary N) is 6. The molecule has 0 saturated carbocycles. The van der Waals surface area contributed by atoms with Gasteiger partial charge in [0.05, 0.1) is 25.3 Å². The maximum atomic E-state index is 13.1. The van der Waals surface area contributed by atoms with Crippen LogP contribution in [0.25, 0.3) is 0 Å². The van der Waals surface area contributed by atoms with Crippen LogP contribution in [0.15, 0.2) is 0 Å². The van der Waals surface area contributed by atoms with Crippen LogP contribution in [0.5, 0.6) is 0 Å². The maximum Gasteiger partial charge on any atom is 0.326 e. The van der Waals surface area contributed by atoms with E-state index in [1.165, 1.54) is 0 Å². The summed E-state index contributed by atoms with van der Waals surface area (Å²) < 4.78 is 0. The summed E-state index contributed by atoms with van der Waals surface area (Å²) >= 11 is 0. The van der Waals surface area contributed by atoms with Gasteiger partial charge < -0.3 is 60.8 Å². The summed E-state index contributed by atoms with van der Waals surface area (Å²) in [6.45, 7) is 0.624. The van der Waals surface area contributed by atoms with Gasteiger partial charge in [0.1, 0.15) is 24.2 Å². The van der Waals surface area contributed by atoms with Crippen LogP contribution in [0.1, 0.15) is 57.8 Å². The first-order valence-corrected chi connectivity index (χ1v) is 13.6. The molecule has 0 aromatic carbocycles. The number of rotatable bonds is 23. The zero-order valence-corrected chi connectivity index (χ0v) is 23.8. The average molecular weight is 617 g/mol. The van der Waals surface area contributed by atoms with E-state index in [1.54, 1.807) is 0 Å². The van der Waals surface area contributed by atoms with Crippen LogP contribution in [0, 0.1) is 0 Å². The minimum atomic E-state index is -1.69. The number of amides is 7. The highest BCUT2D eigenvalue weighted by molar-refractivity contribution is 5.98. The molecule has 0 bridgehead atoms. The first-order chi connectivity index (χ1) is 20.1. The number of carbonyl (C=O) groups is 8. The monoisotopic (exact) mass is 616 g/mol. The van der Waals surface area contributed by atoms with E-state index < -0.39 is 96.8 Å². The van der Waals surface area contributed by atoms with Gasteiger partial charge in [-0.05, 0) is 45.2 Å². The Labute approximate surface area is 247 Å². The smallest absolute Gasteiger partial charge is 0.326 e. The van der Waals surface area contributed by atoms with Crippen LogP contribution in [0.4, 0.5) is 0 Å². The lowest BCUT2D eigenvalue weighted by Gasteiger charge is -2.25. The Kier molecular flexibility index (Phi) is 18.4. The van der Waals surface area contributed by atoms with Crippen LogP contribution < -0.4 is 55.7 Å². The van der Waals surface area contributed by atoms with E-state index in [9.17, 15) is 43.5 Å². The van der Waals surface area contributed by atoms with Crippen molar-refractivity contribution >= 4 is 47.3 Å². The van der Waals surface area contributed by atoms with E-state index >= 15 is 0 Å². The zero-order chi connectivity index (χ0) is 33.1. The topological polar surface area (TPSA) is 361 Å². The molecule has 0 radical (unpaired) electrons. The highest BCUT2D eigenvalue weighted by Gasteiger charge is 2.33. The molecule has 0 rings (SSSR count). The molecule has 0 aliphatic carbocycles. The molecule has 0 spiro atoms. The Morgan fingerprint density at radius 2 is 0.860 bits per heavy atom. The highest BCUT2D eigenvalue weighted by Crippen LogP contribution is 2.06. The standard InChI is InChI=1S/C24H44N10O9/c25-7-3-1-5-12(27)20(38)32-14(9-17(28)35)23(41)33-15(10-18(29)36)22(40)31-13(6-2-4-8-26)21(39)34-16(24(42)43)11-19(30)37/h12-16H,1-11,25-27H2,(H2,28,35)(H2,29,36)(H2,30,37)(H,31,40)(H,32,38)(H,33,41)(H,34,39)(H,42,43)/t12-,13-,14-,15-,16-/m0/s1. The van der Waals surface area contributed by atoms with E-state index in [0.717, 1.165) is 0 Å². The molecule has 43 heavy (non-hydrogen) atoms. The second-order valence-corrected chi connectivity index (χ2v) is 9.77. The quantitative estimate of drug-likeness (QED) is 0.0478. The summed E-state index contributed by atoms with van der Waals surface area (Å²) in [7, 11) is 0. The third kappa shape index (κ3) is 16.6. The molecule has 0 aliphatic rings. The molecule has 0 aromatic rings. The van der Waals surface area contributed by atoms with Crippen molar-refractivity contribution in [2.45, 2.75) is 88.0 Å². The number of carboxylic acid groups (broad SMARTS) is 1. The van der Waals surface area contributed by atoms with Gasteiger partial charge in [0.15, 0.2) is 0 Å². The molecular weight excluding hydrogens is 572 g/mol. The number of carboxylic acids is 1. The van der Waals surface area contributed by atoms with Crippen molar-refractivity contribution in [3.05, 3.63) is 0 Å². The Morgan fingerprint density at radius 3 is 1.28 bits per heavy atom. The number of hydrogen-bond donors (Lipinski definition) is 11. The minimum Gasteiger partial charge on any atom is -0.480 e. The largest absolute Gasteiger partial charge is 0.480 e. The molecule has 0 heterocycles. The van der Waals surface area contributed by atoms with Crippen molar-refractivity contribution in [1.29, 1.82) is 0 Å². The lowest BCUT2D eigenvalue weighted by atomic mass is 10.0. The predicted molar refractivity (Wildman–Crippen MR) is 151 cm³/mol. The third-order valence-electron chi connectivity index (χ3n) is 5.98. The van der Waals surface area contributed by atoms with Crippen LogP contribution in [-0.2, 0) is 38.4 Å². The van der Waals surface area contributed by atoms with Crippen molar-refractivity contribution < 1.29 is 43.5 Å². The molecule has 0 aliphatic heterocycles. The van der Waals surface area contributed by atoms with Gasteiger partial charge in [-0.1, -0.05) is 6.42 Å². The molecule has 5 atom stereocenters. The summed E-state index contributed by atoms with van der Waals surface area (Å²) in [4.78, 5) is 97.5. The number of primary amides is 3.